The maximum Gasteiger partial charge on any atom is 0.272 e. The lowest BCUT2D eigenvalue weighted by molar-refractivity contribution is -0.165. The van der Waals surface area contributed by atoms with Gasteiger partial charge in [-0.3, -0.25) is 19.6 Å². The van der Waals surface area contributed by atoms with E-state index in [0.29, 0.717) is 99.3 Å². The minimum Gasteiger partial charge on any atom is -0.504 e. The Hall–Kier alpha value is -6.46. The highest BCUT2D eigenvalue weighted by Crippen LogP contribution is 2.37. The third-order valence-corrected chi connectivity index (χ3v) is 13.0. The molecule has 4 aliphatic heterocycles. The van der Waals surface area contributed by atoms with Crippen LogP contribution in [0.1, 0.15) is 101 Å². The summed E-state index contributed by atoms with van der Waals surface area (Å²) in [7, 11) is 3.17. The third-order valence-electron chi connectivity index (χ3n) is 13.0. The molecular weight excluding hydrogens is 909 g/mol. The Bertz CT molecular complexity index is 2480. The number of methoxy groups -OCH3 is 2. The van der Waals surface area contributed by atoms with Crippen molar-refractivity contribution in [3.63, 3.8) is 0 Å². The molecule has 4 fully saturated rings. The average molecular weight is 975 g/mol. The lowest BCUT2D eigenvalue weighted by atomic mass is 9.91. The van der Waals surface area contributed by atoms with Crippen LogP contribution in [0.15, 0.2) is 97.3 Å². The van der Waals surface area contributed by atoms with Crippen LogP contribution in [0.2, 0.25) is 0 Å². The van der Waals surface area contributed by atoms with E-state index in [9.17, 15) is 14.7 Å². The number of carbonyl (C=O) groups excluding carboxylic acids is 2. The number of hydrogen-bond acceptors (Lipinski definition) is 14. The van der Waals surface area contributed by atoms with E-state index in [1.807, 2.05) is 24.3 Å². The van der Waals surface area contributed by atoms with Crippen molar-refractivity contribution in [2.75, 3.05) is 80.0 Å². The number of rotatable bonds is 20. The Morgan fingerprint density at radius 2 is 1.10 bits per heavy atom. The topological polar surface area (TPSA) is 170 Å². The Morgan fingerprint density at radius 1 is 0.592 bits per heavy atom. The summed E-state index contributed by atoms with van der Waals surface area (Å²) in [4.78, 5) is 37.9. The Balaban J connectivity index is 0.000000197. The van der Waals surface area contributed by atoms with Gasteiger partial charge in [-0.25, -0.2) is 0 Å². The van der Waals surface area contributed by atoms with Crippen LogP contribution >= 0.6 is 0 Å². The van der Waals surface area contributed by atoms with Crippen LogP contribution in [0.3, 0.4) is 0 Å². The highest BCUT2D eigenvalue weighted by atomic mass is 16.7. The number of hydrogen-bond donors (Lipinski definition) is 1. The molecule has 2 unspecified atom stereocenters. The largest absolute Gasteiger partial charge is 0.504 e. The lowest BCUT2D eigenvalue weighted by Gasteiger charge is -2.39. The van der Waals surface area contributed by atoms with Gasteiger partial charge in [0.25, 0.3) is 11.8 Å². The number of aromatic nitrogens is 2. The second-order valence-corrected chi connectivity index (χ2v) is 17.9. The summed E-state index contributed by atoms with van der Waals surface area (Å²) in [5.41, 5.74) is 5.30. The van der Waals surface area contributed by atoms with E-state index in [2.05, 4.69) is 47.2 Å². The van der Waals surface area contributed by atoms with Crippen LogP contribution in [0.4, 0.5) is 0 Å². The maximum atomic E-state index is 13.1. The van der Waals surface area contributed by atoms with Gasteiger partial charge in [0.2, 0.25) is 0 Å². The van der Waals surface area contributed by atoms with Gasteiger partial charge in [0.15, 0.2) is 35.6 Å². The first-order valence-electron chi connectivity index (χ1n) is 24.7. The molecule has 16 heteroatoms. The summed E-state index contributed by atoms with van der Waals surface area (Å²) in [6.45, 7) is 8.17. The maximum absolute atomic E-state index is 13.1. The number of benzene rings is 3. The molecule has 2 amide bonds. The van der Waals surface area contributed by atoms with Gasteiger partial charge < -0.3 is 57.5 Å². The molecule has 3 aromatic carbocycles. The molecule has 6 heterocycles. The van der Waals surface area contributed by atoms with Crippen molar-refractivity contribution < 1.29 is 57.3 Å². The molecule has 2 aromatic heterocycles. The van der Waals surface area contributed by atoms with Gasteiger partial charge >= 0.3 is 0 Å². The zero-order chi connectivity index (χ0) is 49.4. The summed E-state index contributed by atoms with van der Waals surface area (Å²) in [5.74, 6) is 3.34. The zero-order valence-corrected chi connectivity index (χ0v) is 41.0. The van der Waals surface area contributed by atoms with E-state index in [1.54, 1.807) is 59.6 Å². The number of pyridine rings is 2. The minimum absolute atomic E-state index is 0.102. The van der Waals surface area contributed by atoms with Crippen LogP contribution in [-0.4, -0.2) is 129 Å². The van der Waals surface area contributed by atoms with Gasteiger partial charge in [0.05, 0.1) is 27.4 Å². The normalized spacial score (nSPS) is 18.0. The Labute approximate surface area is 416 Å². The first kappa shape index (κ1) is 50.9. The molecule has 16 nitrogen and oxygen atoms in total. The van der Waals surface area contributed by atoms with Gasteiger partial charge in [-0.1, -0.05) is 43.3 Å². The van der Waals surface area contributed by atoms with Crippen LogP contribution in [-0.2, 0) is 32.0 Å². The van der Waals surface area contributed by atoms with Crippen molar-refractivity contribution in [2.24, 2.45) is 0 Å². The highest BCUT2D eigenvalue weighted by Gasteiger charge is 2.35. The molecule has 0 radical (unpaired) electrons. The predicted molar refractivity (Wildman–Crippen MR) is 264 cm³/mol. The monoisotopic (exact) mass is 974 g/mol. The fourth-order valence-corrected chi connectivity index (χ4v) is 8.67. The van der Waals surface area contributed by atoms with Gasteiger partial charge in [-0.2, -0.15) is 0 Å². The molecule has 0 bridgehead atoms. The molecule has 0 saturated carbocycles. The van der Waals surface area contributed by atoms with Crippen LogP contribution < -0.4 is 23.7 Å². The fraction of sp³-hybridized carbons (Fsp3) is 0.455. The molecule has 5 aromatic rings. The van der Waals surface area contributed by atoms with Crippen LogP contribution in [0.25, 0.3) is 0 Å². The number of phenols is 1. The van der Waals surface area contributed by atoms with E-state index in [4.69, 9.17) is 42.6 Å². The molecule has 4 saturated heterocycles. The molecular formula is C55H66N4O12. The summed E-state index contributed by atoms with van der Waals surface area (Å²) in [6, 6.07) is 26.6. The van der Waals surface area contributed by atoms with Crippen molar-refractivity contribution in [2.45, 2.75) is 82.9 Å². The molecule has 378 valence electrons. The third kappa shape index (κ3) is 14.1. The number of phenolic OH excluding ortho intramolecular Hbond substituents is 1. The number of likely N-dealkylation sites (tertiary alicyclic amines) is 2. The fourth-order valence-electron chi connectivity index (χ4n) is 8.67. The van der Waals surface area contributed by atoms with E-state index in [1.165, 1.54) is 12.7 Å². The summed E-state index contributed by atoms with van der Waals surface area (Å²) < 4.78 is 50.8. The molecule has 9 rings (SSSR count). The molecule has 71 heavy (non-hydrogen) atoms. The van der Waals surface area contributed by atoms with Crippen molar-refractivity contribution in [1.29, 1.82) is 0 Å². The number of ether oxygens (including phenoxy) is 9. The number of aryl methyl sites for hydroxylation is 1. The number of carbonyl (C=O) groups is 2. The van der Waals surface area contributed by atoms with Crippen molar-refractivity contribution in [3.05, 3.63) is 131 Å². The summed E-state index contributed by atoms with van der Waals surface area (Å²) in [5, 5.41) is 9.74. The quantitative estimate of drug-likeness (QED) is 0.0739. The smallest absolute Gasteiger partial charge is 0.272 e. The van der Waals surface area contributed by atoms with E-state index in [-0.39, 0.29) is 42.0 Å². The van der Waals surface area contributed by atoms with E-state index in [0.717, 1.165) is 74.8 Å². The minimum atomic E-state index is -0.140. The summed E-state index contributed by atoms with van der Waals surface area (Å²) >= 11 is 0. The van der Waals surface area contributed by atoms with E-state index < -0.39 is 0 Å². The van der Waals surface area contributed by atoms with Crippen LogP contribution in [0, 0.1) is 0 Å². The second-order valence-electron chi connectivity index (χ2n) is 17.9. The number of aromatic hydroxyl groups is 1. The van der Waals surface area contributed by atoms with Gasteiger partial charge in [-0.05, 0) is 104 Å². The number of nitrogens with zero attached hydrogens (tertiary/aromatic N) is 4. The van der Waals surface area contributed by atoms with Gasteiger partial charge in [0, 0.05) is 75.8 Å². The van der Waals surface area contributed by atoms with Crippen molar-refractivity contribution in [3.8, 4) is 34.5 Å². The van der Waals surface area contributed by atoms with Crippen molar-refractivity contribution in [1.82, 2.24) is 19.8 Å². The Kier molecular flexibility index (Phi) is 18.4. The molecule has 1 N–H and O–H groups in total. The van der Waals surface area contributed by atoms with Gasteiger partial charge in [0.1, 0.15) is 42.7 Å². The van der Waals surface area contributed by atoms with E-state index >= 15 is 0 Å². The van der Waals surface area contributed by atoms with Crippen molar-refractivity contribution >= 4 is 11.8 Å². The zero-order valence-electron chi connectivity index (χ0n) is 41.0. The van der Waals surface area contributed by atoms with Gasteiger partial charge in [-0.15, -0.1) is 0 Å². The second kappa shape index (κ2) is 25.6. The highest BCUT2D eigenvalue weighted by molar-refractivity contribution is 5.94. The SMILES string of the molecule is CCc1ccc(COc2ccc(C3CN(C(=O)c4cc(OCCOC5CCCCO5)ccn4)C3)cc2OC)cc1.COc1cc(C2CN(C(=O)c3cc(OCCOC4CCCCO4)ccn3)C2)ccc1O. The first-order valence-corrected chi connectivity index (χ1v) is 24.7. The molecule has 0 spiro atoms. The Morgan fingerprint density at radius 3 is 1.59 bits per heavy atom. The van der Waals surface area contributed by atoms with Crippen LogP contribution in [0.5, 0.6) is 34.5 Å². The molecule has 2 atom stereocenters. The summed E-state index contributed by atoms with van der Waals surface area (Å²) in [6.07, 6.45) is 10.2. The number of amides is 2. The predicted octanol–water partition coefficient (Wildman–Crippen LogP) is 8.35. The lowest BCUT2D eigenvalue weighted by Crippen LogP contribution is -2.48. The first-order chi connectivity index (χ1) is 34.8. The molecule has 0 aliphatic carbocycles. The standard InChI is InChI=1S/C32H38N2O6.C23H28N2O6/c1-3-23-7-9-24(10-8-23)22-40-29-12-11-25(18-30(29)36-2)26-20-34(21-26)32(35)28-19-27(13-14-33-28)37-16-17-39-31-6-4-5-15-38-31;1-28-21-12-16(5-6-20(21)26)17-14-25(15-17)23(27)19-13-18(7-8-24-19)29-10-11-31-22-4-2-3-9-30-22/h7-14,18-19,26,31H,3-6,15-17,20-22H2,1-2H3;5-8,12-13,17,22,26H,2-4,9-11,14-15H2,1H3. The average Bonchev–Trinajstić information content (AvgIpc) is 3.39. The molecule has 4 aliphatic rings.